The van der Waals surface area contributed by atoms with E-state index in [9.17, 15) is 4.79 Å². The van der Waals surface area contributed by atoms with Crippen LogP contribution >= 0.6 is 0 Å². The maximum Gasteiger partial charge on any atom is 0.323 e. The number of nitrogens with zero attached hydrogens (tertiary/aromatic N) is 1. The van der Waals surface area contributed by atoms with E-state index in [4.69, 9.17) is 0 Å². The number of carbonyl (C=O) groups is 1. The molecule has 2 aliphatic heterocycles. The van der Waals surface area contributed by atoms with Crippen LogP contribution in [0.25, 0.3) is 0 Å². The summed E-state index contributed by atoms with van der Waals surface area (Å²) in [4.78, 5) is 13.5. The van der Waals surface area contributed by atoms with Gasteiger partial charge in [0.25, 0.3) is 0 Å². The number of piperidine rings is 1. The smallest absolute Gasteiger partial charge is 0.323 e. The van der Waals surface area contributed by atoms with Gasteiger partial charge in [-0.2, -0.15) is 8.78 Å². The van der Waals surface area contributed by atoms with Crippen molar-refractivity contribution in [3.63, 3.8) is 0 Å². The van der Waals surface area contributed by atoms with Crippen LogP contribution < -0.4 is 5.32 Å². The van der Waals surface area contributed by atoms with Crippen LogP contribution in [0.4, 0.5) is 14.5 Å². The quantitative estimate of drug-likeness (QED) is 0.802. The zero-order valence-electron chi connectivity index (χ0n) is 11.6. The molecule has 1 N–H and O–H groups in total. The van der Waals surface area contributed by atoms with Crippen LogP contribution in [0.2, 0.25) is 0 Å². The number of nitrogens with one attached hydrogen (secondary N) is 1. The van der Waals surface area contributed by atoms with Gasteiger partial charge in [0.05, 0.1) is 0 Å². The number of para-hydroxylation sites is 1. The van der Waals surface area contributed by atoms with Gasteiger partial charge in [-0.3, -0.25) is 4.79 Å². The molecular weight excluding hydrogens is 262 g/mol. The summed E-state index contributed by atoms with van der Waals surface area (Å²) in [7, 11) is 0. The fourth-order valence-corrected chi connectivity index (χ4v) is 3.50. The molecular formula is C15H18F2N2O. The number of hydrogen-bond acceptors (Lipinski definition) is 2. The van der Waals surface area contributed by atoms with Crippen molar-refractivity contribution in [2.24, 2.45) is 0 Å². The molecule has 1 aromatic rings. The Kier molecular flexibility index (Phi) is 2.87. The minimum absolute atomic E-state index is 0.187. The summed E-state index contributed by atoms with van der Waals surface area (Å²) in [6, 6.07) is 3.32. The standard InChI is InChI=1S/C15H18F2N2O/c1-10(2)19-9-5-8-14(15(19,16)17)11-6-3-4-7-12(11)18-13(14)20/h3-4,6-7,10H,5,8-9H2,1-2H3,(H,18,20). The highest BCUT2D eigenvalue weighted by Crippen LogP contribution is 2.54. The number of rotatable bonds is 1. The van der Waals surface area contributed by atoms with Crippen LogP contribution in [-0.4, -0.2) is 29.4 Å². The second-order valence-electron chi connectivity index (χ2n) is 5.84. The molecule has 3 rings (SSSR count). The topological polar surface area (TPSA) is 32.3 Å². The number of benzene rings is 1. The van der Waals surface area contributed by atoms with Crippen molar-refractivity contribution in [1.82, 2.24) is 4.90 Å². The van der Waals surface area contributed by atoms with Gasteiger partial charge >= 0.3 is 6.05 Å². The molecule has 2 aliphatic rings. The third-order valence-electron chi connectivity index (χ3n) is 4.47. The lowest BCUT2D eigenvalue weighted by molar-refractivity contribution is -0.225. The monoisotopic (exact) mass is 280 g/mol. The molecule has 1 saturated heterocycles. The third kappa shape index (κ3) is 1.50. The van der Waals surface area contributed by atoms with Crippen molar-refractivity contribution >= 4 is 11.6 Å². The average Bonchev–Trinajstić information content (AvgIpc) is 2.66. The first-order valence-corrected chi connectivity index (χ1v) is 6.97. The lowest BCUT2D eigenvalue weighted by Gasteiger charge is -2.48. The van der Waals surface area contributed by atoms with Gasteiger partial charge in [0.2, 0.25) is 5.91 Å². The van der Waals surface area contributed by atoms with Crippen LogP contribution in [0, 0.1) is 0 Å². The van der Waals surface area contributed by atoms with E-state index in [0.717, 1.165) is 4.90 Å². The Morgan fingerprint density at radius 3 is 2.70 bits per heavy atom. The molecule has 0 bridgehead atoms. The fraction of sp³-hybridized carbons (Fsp3) is 0.533. The van der Waals surface area contributed by atoms with Crippen molar-refractivity contribution < 1.29 is 13.6 Å². The predicted molar refractivity (Wildman–Crippen MR) is 72.8 cm³/mol. The molecule has 5 heteroatoms. The lowest BCUT2D eigenvalue weighted by Crippen LogP contribution is -2.64. The van der Waals surface area contributed by atoms with E-state index in [-0.39, 0.29) is 12.5 Å². The molecule has 3 nitrogen and oxygen atoms in total. The molecule has 0 aromatic heterocycles. The van der Waals surface area contributed by atoms with Gasteiger partial charge in [-0.05, 0) is 38.3 Å². The fourth-order valence-electron chi connectivity index (χ4n) is 3.50. The first kappa shape index (κ1) is 13.5. The Morgan fingerprint density at radius 2 is 2.00 bits per heavy atom. The van der Waals surface area contributed by atoms with E-state index >= 15 is 8.78 Å². The largest absolute Gasteiger partial charge is 0.325 e. The summed E-state index contributed by atoms with van der Waals surface area (Å²) in [6.45, 7) is 3.80. The van der Waals surface area contributed by atoms with E-state index in [0.29, 0.717) is 24.2 Å². The molecule has 1 atom stereocenters. The number of fused-ring (bicyclic) bond motifs is 2. The van der Waals surface area contributed by atoms with Gasteiger partial charge in [0.1, 0.15) is 0 Å². The van der Waals surface area contributed by atoms with E-state index in [2.05, 4.69) is 5.32 Å². The summed E-state index contributed by atoms with van der Waals surface area (Å²) < 4.78 is 30.1. The highest BCUT2D eigenvalue weighted by molar-refractivity contribution is 6.07. The van der Waals surface area contributed by atoms with Crippen LogP contribution in [0.3, 0.4) is 0 Å². The Morgan fingerprint density at radius 1 is 1.30 bits per heavy atom. The Hall–Kier alpha value is -1.49. The molecule has 1 amide bonds. The predicted octanol–water partition coefficient (Wildman–Crippen LogP) is 2.97. The minimum Gasteiger partial charge on any atom is -0.325 e. The zero-order valence-corrected chi connectivity index (χ0v) is 11.6. The molecule has 0 radical (unpaired) electrons. The molecule has 0 saturated carbocycles. The second kappa shape index (κ2) is 4.25. The summed E-state index contributed by atoms with van der Waals surface area (Å²) in [5.41, 5.74) is -0.797. The molecule has 20 heavy (non-hydrogen) atoms. The first-order valence-electron chi connectivity index (χ1n) is 6.97. The molecule has 0 aliphatic carbocycles. The highest BCUT2D eigenvalue weighted by Gasteiger charge is 2.67. The van der Waals surface area contributed by atoms with E-state index in [1.807, 2.05) is 0 Å². The average molecular weight is 280 g/mol. The maximum absolute atomic E-state index is 15.1. The SMILES string of the molecule is CC(C)N1CCCC2(C(=O)Nc3ccccc32)C1(F)F. The van der Waals surface area contributed by atoms with E-state index in [1.54, 1.807) is 38.1 Å². The van der Waals surface area contributed by atoms with Gasteiger partial charge in [-0.25, -0.2) is 4.90 Å². The van der Waals surface area contributed by atoms with Crippen molar-refractivity contribution in [3.8, 4) is 0 Å². The van der Waals surface area contributed by atoms with Gasteiger partial charge in [-0.15, -0.1) is 0 Å². The normalized spacial score (nSPS) is 28.8. The summed E-state index contributed by atoms with van der Waals surface area (Å²) in [5, 5.41) is 2.63. The molecule has 1 unspecified atom stereocenters. The number of halogens is 2. The summed E-state index contributed by atoms with van der Waals surface area (Å²) in [6.07, 6.45) is 0.779. The van der Waals surface area contributed by atoms with Gasteiger partial charge < -0.3 is 5.32 Å². The van der Waals surface area contributed by atoms with Crippen LogP contribution in [0.15, 0.2) is 24.3 Å². The molecule has 108 valence electrons. The van der Waals surface area contributed by atoms with Crippen molar-refractivity contribution in [2.45, 2.75) is 44.2 Å². The Bertz CT molecular complexity index is 559. The van der Waals surface area contributed by atoms with Gasteiger partial charge in [0, 0.05) is 18.3 Å². The minimum atomic E-state index is -3.17. The van der Waals surface area contributed by atoms with Crippen LogP contribution in [-0.2, 0) is 10.2 Å². The second-order valence-corrected chi connectivity index (χ2v) is 5.84. The number of alkyl halides is 2. The number of carbonyl (C=O) groups excluding carboxylic acids is 1. The van der Waals surface area contributed by atoms with Crippen LogP contribution in [0.5, 0.6) is 0 Å². The maximum atomic E-state index is 15.1. The Labute approximate surface area is 117 Å². The van der Waals surface area contributed by atoms with Crippen molar-refractivity contribution in [1.29, 1.82) is 0 Å². The lowest BCUT2D eigenvalue weighted by atomic mass is 9.72. The number of amides is 1. The van der Waals surface area contributed by atoms with Crippen molar-refractivity contribution in [2.75, 3.05) is 11.9 Å². The summed E-state index contributed by atoms with van der Waals surface area (Å²) >= 11 is 0. The molecule has 1 spiro atoms. The van der Waals surface area contributed by atoms with Crippen molar-refractivity contribution in [3.05, 3.63) is 29.8 Å². The van der Waals surface area contributed by atoms with Gasteiger partial charge in [-0.1, -0.05) is 18.2 Å². The van der Waals surface area contributed by atoms with Crippen LogP contribution in [0.1, 0.15) is 32.3 Å². The molecule has 1 fully saturated rings. The third-order valence-corrected chi connectivity index (χ3v) is 4.47. The van der Waals surface area contributed by atoms with E-state index in [1.165, 1.54) is 0 Å². The number of hydrogen-bond donors (Lipinski definition) is 1. The molecule has 2 heterocycles. The number of anilines is 1. The van der Waals surface area contributed by atoms with Gasteiger partial charge in [0.15, 0.2) is 5.41 Å². The summed E-state index contributed by atoms with van der Waals surface area (Å²) in [5.74, 6) is -0.575. The molecule has 1 aromatic carbocycles. The number of likely N-dealkylation sites (tertiary alicyclic amines) is 1. The zero-order chi connectivity index (χ0) is 14.5. The Balaban J connectivity index is 2.18. The first-order chi connectivity index (χ1) is 9.41. The van der Waals surface area contributed by atoms with E-state index < -0.39 is 17.4 Å². The highest BCUT2D eigenvalue weighted by atomic mass is 19.3.